The molecule has 164 valence electrons. The van der Waals surface area contributed by atoms with Crippen molar-refractivity contribution in [2.24, 2.45) is 11.8 Å². The van der Waals surface area contributed by atoms with E-state index in [1.54, 1.807) is 6.07 Å². The molecule has 33 heavy (non-hydrogen) atoms. The third kappa shape index (κ3) is 2.16. The molecule has 1 N–H and O–H groups in total. The summed E-state index contributed by atoms with van der Waals surface area (Å²) in [6.45, 7) is 0.672. The van der Waals surface area contributed by atoms with Crippen LogP contribution in [0.2, 0.25) is 5.02 Å². The third-order valence-corrected chi connectivity index (χ3v) is 8.30. The summed E-state index contributed by atoms with van der Waals surface area (Å²) >= 11 is 6.44. The summed E-state index contributed by atoms with van der Waals surface area (Å²) in [6.07, 6.45) is 1.67. The molecule has 4 atom stereocenters. The number of amides is 3. The van der Waals surface area contributed by atoms with E-state index >= 15 is 0 Å². The van der Waals surface area contributed by atoms with E-state index in [2.05, 4.69) is 10.2 Å². The highest BCUT2D eigenvalue weighted by Gasteiger charge is 2.74. The molecule has 0 aromatic heterocycles. The number of hydrogen-bond acceptors (Lipinski definition) is 4. The molecule has 6 nitrogen and oxygen atoms in total. The van der Waals surface area contributed by atoms with Crippen LogP contribution in [-0.4, -0.2) is 35.2 Å². The third-order valence-electron chi connectivity index (χ3n) is 7.98. The van der Waals surface area contributed by atoms with Gasteiger partial charge in [-0.15, -0.1) is 0 Å². The molecule has 0 bridgehead atoms. The molecule has 4 aliphatic rings. The van der Waals surface area contributed by atoms with Gasteiger partial charge in [0.05, 0.1) is 28.2 Å². The maximum absolute atomic E-state index is 14.1. The topological polar surface area (TPSA) is 69.7 Å². The van der Waals surface area contributed by atoms with Crippen LogP contribution in [0.15, 0.2) is 60.7 Å². The van der Waals surface area contributed by atoms with E-state index in [1.165, 1.54) is 4.90 Å². The molecule has 3 aromatic rings. The van der Waals surface area contributed by atoms with Gasteiger partial charge in [-0.3, -0.25) is 19.3 Å². The highest BCUT2D eigenvalue weighted by atomic mass is 35.5. The van der Waals surface area contributed by atoms with Crippen molar-refractivity contribution < 1.29 is 14.4 Å². The van der Waals surface area contributed by atoms with E-state index in [0.29, 0.717) is 28.5 Å². The molecule has 1 spiro atoms. The van der Waals surface area contributed by atoms with Crippen LogP contribution in [0.3, 0.4) is 0 Å². The van der Waals surface area contributed by atoms with Gasteiger partial charge >= 0.3 is 0 Å². The van der Waals surface area contributed by atoms with E-state index < -0.39 is 17.4 Å². The maximum Gasteiger partial charge on any atom is 0.250 e. The first kappa shape index (κ1) is 19.3. The fourth-order valence-corrected chi connectivity index (χ4v) is 7.06. The molecule has 4 heterocycles. The number of fused-ring (bicyclic) bond motifs is 8. The summed E-state index contributed by atoms with van der Waals surface area (Å²) < 4.78 is 0. The number of rotatable bonds is 1. The Labute approximate surface area is 195 Å². The van der Waals surface area contributed by atoms with Crippen molar-refractivity contribution in [1.29, 1.82) is 0 Å². The minimum absolute atomic E-state index is 0.151. The Balaban J connectivity index is 1.46. The van der Waals surface area contributed by atoms with Crippen molar-refractivity contribution >= 4 is 51.5 Å². The van der Waals surface area contributed by atoms with Crippen LogP contribution in [-0.2, 0) is 19.9 Å². The van der Waals surface area contributed by atoms with Crippen LogP contribution >= 0.6 is 11.6 Å². The molecule has 0 saturated carbocycles. The van der Waals surface area contributed by atoms with Gasteiger partial charge in [0.25, 0.3) is 5.91 Å². The summed E-state index contributed by atoms with van der Waals surface area (Å²) in [6, 6.07) is 18.6. The van der Waals surface area contributed by atoms with Crippen molar-refractivity contribution in [3.63, 3.8) is 0 Å². The van der Waals surface area contributed by atoms with Crippen molar-refractivity contribution in [3.8, 4) is 0 Å². The van der Waals surface area contributed by atoms with Gasteiger partial charge in [-0.1, -0.05) is 60.1 Å². The zero-order valence-electron chi connectivity index (χ0n) is 17.6. The van der Waals surface area contributed by atoms with Crippen molar-refractivity contribution in [2.45, 2.75) is 24.4 Å². The van der Waals surface area contributed by atoms with Crippen molar-refractivity contribution in [3.05, 3.63) is 71.2 Å². The fraction of sp³-hybridized carbons (Fsp3) is 0.269. The number of benzene rings is 3. The summed E-state index contributed by atoms with van der Waals surface area (Å²) in [5, 5.41) is 5.20. The lowest BCUT2D eigenvalue weighted by molar-refractivity contribution is -0.135. The van der Waals surface area contributed by atoms with Gasteiger partial charge in [0.1, 0.15) is 5.54 Å². The molecule has 0 radical (unpaired) electrons. The first-order chi connectivity index (χ1) is 16.0. The minimum atomic E-state index is -1.21. The van der Waals surface area contributed by atoms with E-state index in [4.69, 9.17) is 11.6 Å². The minimum Gasteiger partial charge on any atom is -0.323 e. The average molecular weight is 458 g/mol. The first-order valence-electron chi connectivity index (χ1n) is 11.3. The highest BCUT2D eigenvalue weighted by molar-refractivity contribution is 6.35. The van der Waals surface area contributed by atoms with Crippen molar-refractivity contribution in [2.75, 3.05) is 16.8 Å². The Kier molecular flexibility index (Phi) is 3.75. The summed E-state index contributed by atoms with van der Waals surface area (Å²) in [5.74, 6) is -2.12. The Morgan fingerprint density at radius 2 is 1.73 bits per heavy atom. The molecular formula is C26H20ClN3O3. The lowest BCUT2D eigenvalue weighted by Crippen LogP contribution is -2.54. The number of imide groups is 1. The van der Waals surface area contributed by atoms with Crippen LogP contribution in [0.4, 0.5) is 11.4 Å². The molecule has 0 unspecified atom stereocenters. The van der Waals surface area contributed by atoms with Crippen LogP contribution in [0, 0.1) is 11.8 Å². The van der Waals surface area contributed by atoms with Crippen molar-refractivity contribution in [1.82, 2.24) is 4.90 Å². The summed E-state index contributed by atoms with van der Waals surface area (Å²) in [4.78, 5) is 45.2. The molecule has 0 aliphatic carbocycles. The molecular weight excluding hydrogens is 438 g/mol. The van der Waals surface area contributed by atoms with E-state index in [0.717, 1.165) is 23.6 Å². The highest BCUT2D eigenvalue weighted by Crippen LogP contribution is 2.61. The number of nitrogens with one attached hydrogen (secondary N) is 1. The summed E-state index contributed by atoms with van der Waals surface area (Å²) in [7, 11) is 0. The second kappa shape index (κ2) is 6.43. The van der Waals surface area contributed by atoms with Gasteiger partial charge in [-0.05, 0) is 36.9 Å². The molecule has 3 aromatic carbocycles. The Hall–Kier alpha value is -3.22. The zero-order chi connectivity index (χ0) is 22.5. The lowest BCUT2D eigenvalue weighted by atomic mass is 9.75. The monoisotopic (exact) mass is 457 g/mol. The van der Waals surface area contributed by atoms with Gasteiger partial charge in [-0.25, -0.2) is 4.90 Å². The largest absolute Gasteiger partial charge is 0.323 e. The van der Waals surface area contributed by atoms with Gasteiger partial charge in [0.2, 0.25) is 11.8 Å². The number of para-hydroxylation sites is 1. The molecule has 7 heteroatoms. The van der Waals surface area contributed by atoms with Crippen LogP contribution in [0.5, 0.6) is 0 Å². The molecule has 3 fully saturated rings. The second-order valence-corrected chi connectivity index (χ2v) is 9.71. The maximum atomic E-state index is 14.1. The standard InChI is InChI=1S/C26H20ClN3O3/c27-17-10-4-9-16-22(17)28-25(33)26(16)21-20(19-12-5-13-29(19)26)23(31)30(24(21)32)18-11-3-7-14-6-1-2-8-15(14)18/h1-4,6-11,19-21H,5,12-13H2,(H,28,33)/t19-,20-,21-,26+/m0/s1. The molecule has 7 rings (SSSR count). The number of carbonyl (C=O) groups excluding carboxylic acids is 3. The van der Waals surface area contributed by atoms with E-state index in [1.807, 2.05) is 54.6 Å². The van der Waals surface area contributed by atoms with Gasteiger partial charge < -0.3 is 5.32 Å². The normalized spacial score (nSPS) is 30.3. The van der Waals surface area contributed by atoms with E-state index in [-0.39, 0.29) is 23.8 Å². The SMILES string of the molecule is O=C1[C@@H]2[C@@H](C(=O)N1c1cccc3ccccc13)[C@]1(C(=O)Nc3c(Cl)cccc31)N1CCC[C@@H]21. The van der Waals surface area contributed by atoms with E-state index in [9.17, 15) is 14.4 Å². The summed E-state index contributed by atoms with van der Waals surface area (Å²) in [5.41, 5.74) is 0.638. The molecule has 3 amide bonds. The van der Waals surface area contributed by atoms with Crippen LogP contribution < -0.4 is 10.2 Å². The zero-order valence-corrected chi connectivity index (χ0v) is 18.4. The second-order valence-electron chi connectivity index (χ2n) is 9.30. The number of nitrogens with zero attached hydrogens (tertiary/aromatic N) is 2. The predicted molar refractivity (Wildman–Crippen MR) is 125 cm³/mol. The number of halogens is 1. The number of carbonyl (C=O) groups is 3. The number of anilines is 2. The Bertz CT molecular complexity index is 1400. The Morgan fingerprint density at radius 3 is 2.61 bits per heavy atom. The first-order valence-corrected chi connectivity index (χ1v) is 11.7. The lowest BCUT2D eigenvalue weighted by Gasteiger charge is -2.36. The average Bonchev–Trinajstić information content (AvgIpc) is 3.53. The van der Waals surface area contributed by atoms with Gasteiger partial charge in [0, 0.05) is 17.0 Å². The smallest absolute Gasteiger partial charge is 0.250 e. The fourth-order valence-electron chi connectivity index (χ4n) is 6.84. The van der Waals surface area contributed by atoms with Gasteiger partial charge in [0.15, 0.2) is 0 Å². The molecule has 3 saturated heterocycles. The number of hydrogen-bond donors (Lipinski definition) is 1. The predicted octanol–water partition coefficient (Wildman–Crippen LogP) is 3.92. The van der Waals surface area contributed by atoms with Crippen LogP contribution in [0.25, 0.3) is 10.8 Å². The molecule has 4 aliphatic heterocycles. The quantitative estimate of drug-likeness (QED) is 0.562. The van der Waals surface area contributed by atoms with Crippen LogP contribution in [0.1, 0.15) is 18.4 Å². The van der Waals surface area contributed by atoms with Gasteiger partial charge in [-0.2, -0.15) is 0 Å². The Morgan fingerprint density at radius 1 is 0.939 bits per heavy atom.